The third-order valence-electron chi connectivity index (χ3n) is 3.94. The van der Waals surface area contributed by atoms with Crippen LogP contribution in [0.5, 0.6) is 0 Å². The average Bonchev–Trinajstić information content (AvgIpc) is 2.85. The Morgan fingerprint density at radius 3 is 2.80 bits per heavy atom. The second-order valence-electron chi connectivity index (χ2n) is 5.35. The highest BCUT2D eigenvalue weighted by atomic mass is 35.5. The largest absolute Gasteiger partial charge is 0.307 e. The number of halogens is 1. The number of fused-ring (bicyclic) bond motifs is 1. The fourth-order valence-electron chi connectivity index (χ4n) is 2.87. The minimum atomic E-state index is 0.169. The zero-order valence-electron chi connectivity index (χ0n) is 11.9. The van der Waals surface area contributed by atoms with E-state index in [1.807, 2.05) is 30.5 Å². The Balaban J connectivity index is 1.98. The van der Waals surface area contributed by atoms with E-state index in [2.05, 4.69) is 18.3 Å². The molecular formula is C16H19ClN2S. The molecule has 1 heterocycles. The van der Waals surface area contributed by atoms with E-state index >= 15 is 0 Å². The standard InChI is InChI=1S/C16H19ClN2S/c1-10-9-11(17)7-8-12(10)15(18-2)16-19-13-5-3-4-6-14(13)20-16/h7-9,15,18H,3-6H2,1-2H3. The Bertz CT molecular complexity index is 597. The Morgan fingerprint density at radius 2 is 2.10 bits per heavy atom. The van der Waals surface area contributed by atoms with E-state index in [1.54, 1.807) is 0 Å². The maximum atomic E-state index is 6.06. The molecule has 0 aliphatic heterocycles. The highest BCUT2D eigenvalue weighted by molar-refractivity contribution is 7.11. The van der Waals surface area contributed by atoms with Crippen molar-refractivity contribution in [3.8, 4) is 0 Å². The van der Waals surface area contributed by atoms with Gasteiger partial charge in [0.05, 0.1) is 11.7 Å². The summed E-state index contributed by atoms with van der Waals surface area (Å²) in [5.74, 6) is 0. The Morgan fingerprint density at radius 1 is 1.30 bits per heavy atom. The number of thiazole rings is 1. The summed E-state index contributed by atoms with van der Waals surface area (Å²) in [5.41, 5.74) is 3.80. The van der Waals surface area contributed by atoms with Crippen LogP contribution in [0.1, 0.15) is 45.6 Å². The lowest BCUT2D eigenvalue weighted by Gasteiger charge is -2.16. The molecule has 1 aliphatic rings. The molecule has 0 fully saturated rings. The van der Waals surface area contributed by atoms with Crippen molar-refractivity contribution in [2.45, 2.75) is 38.6 Å². The van der Waals surface area contributed by atoms with Gasteiger partial charge in [-0.3, -0.25) is 0 Å². The van der Waals surface area contributed by atoms with Gasteiger partial charge in [0.1, 0.15) is 5.01 Å². The molecule has 2 aromatic rings. The molecule has 1 aromatic carbocycles. The molecule has 2 nitrogen and oxygen atoms in total. The van der Waals surface area contributed by atoms with Gasteiger partial charge in [-0.2, -0.15) is 0 Å². The topological polar surface area (TPSA) is 24.9 Å². The van der Waals surface area contributed by atoms with Crippen molar-refractivity contribution in [1.29, 1.82) is 0 Å². The highest BCUT2D eigenvalue weighted by Gasteiger charge is 2.22. The molecule has 0 amide bonds. The van der Waals surface area contributed by atoms with Crippen molar-refractivity contribution < 1.29 is 0 Å². The van der Waals surface area contributed by atoms with Gasteiger partial charge in [0.2, 0.25) is 0 Å². The molecule has 0 saturated carbocycles. The number of hydrogen-bond donors (Lipinski definition) is 1. The van der Waals surface area contributed by atoms with Gasteiger partial charge >= 0.3 is 0 Å². The Hall–Kier alpha value is -0.900. The van der Waals surface area contributed by atoms with E-state index < -0.39 is 0 Å². The third kappa shape index (κ3) is 2.62. The van der Waals surface area contributed by atoms with Gasteiger partial charge in [0.25, 0.3) is 0 Å². The maximum absolute atomic E-state index is 6.06. The van der Waals surface area contributed by atoms with Gasteiger partial charge < -0.3 is 5.32 Å². The van der Waals surface area contributed by atoms with Crippen LogP contribution in [-0.2, 0) is 12.8 Å². The van der Waals surface area contributed by atoms with E-state index in [9.17, 15) is 0 Å². The molecule has 0 radical (unpaired) electrons. The van der Waals surface area contributed by atoms with Crippen molar-refractivity contribution in [3.05, 3.63) is 49.9 Å². The molecule has 3 rings (SSSR count). The second kappa shape index (κ2) is 5.84. The summed E-state index contributed by atoms with van der Waals surface area (Å²) in [6.45, 7) is 2.11. The summed E-state index contributed by atoms with van der Waals surface area (Å²) < 4.78 is 0. The summed E-state index contributed by atoms with van der Waals surface area (Å²) >= 11 is 7.93. The summed E-state index contributed by atoms with van der Waals surface area (Å²) in [6.07, 6.45) is 4.92. The molecule has 4 heteroatoms. The smallest absolute Gasteiger partial charge is 0.115 e. The zero-order valence-corrected chi connectivity index (χ0v) is 13.4. The van der Waals surface area contributed by atoms with Crippen molar-refractivity contribution in [2.24, 2.45) is 0 Å². The van der Waals surface area contributed by atoms with Gasteiger partial charge in [-0.15, -0.1) is 11.3 Å². The van der Waals surface area contributed by atoms with Crippen molar-refractivity contribution in [2.75, 3.05) is 7.05 Å². The van der Waals surface area contributed by atoms with Crippen LogP contribution in [-0.4, -0.2) is 12.0 Å². The molecule has 1 N–H and O–H groups in total. The molecular weight excluding hydrogens is 288 g/mol. The first-order valence-corrected chi connectivity index (χ1v) is 8.30. The SMILES string of the molecule is CNC(c1nc2c(s1)CCCC2)c1ccc(Cl)cc1C. The summed E-state index contributed by atoms with van der Waals surface area (Å²) in [6, 6.07) is 6.26. The number of nitrogens with zero attached hydrogens (tertiary/aromatic N) is 1. The van der Waals surface area contributed by atoms with Gasteiger partial charge in [-0.25, -0.2) is 4.98 Å². The average molecular weight is 307 g/mol. The molecule has 0 spiro atoms. The molecule has 0 saturated heterocycles. The van der Waals surface area contributed by atoms with Crippen LogP contribution in [0, 0.1) is 6.92 Å². The van der Waals surface area contributed by atoms with Crippen molar-refractivity contribution >= 4 is 22.9 Å². The minimum absolute atomic E-state index is 0.169. The molecule has 106 valence electrons. The Labute approximate surface area is 129 Å². The van der Waals surface area contributed by atoms with E-state index in [-0.39, 0.29) is 6.04 Å². The van der Waals surface area contributed by atoms with E-state index in [4.69, 9.17) is 16.6 Å². The van der Waals surface area contributed by atoms with Crippen LogP contribution in [0.3, 0.4) is 0 Å². The predicted molar refractivity (Wildman–Crippen MR) is 85.8 cm³/mol. The Kier molecular flexibility index (Phi) is 4.11. The third-order valence-corrected chi connectivity index (χ3v) is 5.40. The van der Waals surface area contributed by atoms with Gasteiger partial charge in [0.15, 0.2) is 0 Å². The molecule has 1 aliphatic carbocycles. The first-order valence-electron chi connectivity index (χ1n) is 7.11. The predicted octanol–water partition coefficient (Wildman–Crippen LogP) is 4.29. The minimum Gasteiger partial charge on any atom is -0.307 e. The lowest BCUT2D eigenvalue weighted by Crippen LogP contribution is -2.18. The second-order valence-corrected chi connectivity index (χ2v) is 6.90. The number of aromatic nitrogens is 1. The van der Waals surface area contributed by atoms with Crippen LogP contribution in [0.25, 0.3) is 0 Å². The van der Waals surface area contributed by atoms with Crippen LogP contribution < -0.4 is 5.32 Å². The van der Waals surface area contributed by atoms with Crippen LogP contribution >= 0.6 is 22.9 Å². The number of aryl methyl sites for hydroxylation is 3. The summed E-state index contributed by atoms with van der Waals surface area (Å²) in [4.78, 5) is 6.37. The molecule has 1 unspecified atom stereocenters. The van der Waals surface area contributed by atoms with Crippen LogP contribution in [0.2, 0.25) is 5.02 Å². The van der Waals surface area contributed by atoms with Crippen LogP contribution in [0.4, 0.5) is 0 Å². The number of benzene rings is 1. The van der Waals surface area contributed by atoms with E-state index in [0.29, 0.717) is 0 Å². The van der Waals surface area contributed by atoms with Gasteiger partial charge in [0, 0.05) is 9.90 Å². The summed E-state index contributed by atoms with van der Waals surface area (Å²) in [5, 5.41) is 5.39. The fraction of sp³-hybridized carbons (Fsp3) is 0.438. The lowest BCUT2D eigenvalue weighted by atomic mass is 10.0. The number of nitrogens with one attached hydrogen (secondary N) is 1. The fourth-order valence-corrected chi connectivity index (χ4v) is 4.38. The van der Waals surface area contributed by atoms with E-state index in [0.717, 1.165) is 11.4 Å². The summed E-state index contributed by atoms with van der Waals surface area (Å²) in [7, 11) is 2.00. The molecule has 20 heavy (non-hydrogen) atoms. The van der Waals surface area contributed by atoms with Crippen molar-refractivity contribution in [3.63, 3.8) is 0 Å². The van der Waals surface area contributed by atoms with Crippen molar-refractivity contribution in [1.82, 2.24) is 10.3 Å². The highest BCUT2D eigenvalue weighted by Crippen LogP contribution is 2.33. The first-order chi connectivity index (χ1) is 9.69. The van der Waals surface area contributed by atoms with Crippen LogP contribution in [0.15, 0.2) is 18.2 Å². The molecule has 1 aromatic heterocycles. The number of rotatable bonds is 3. The van der Waals surface area contributed by atoms with Gasteiger partial charge in [-0.05, 0) is 62.9 Å². The molecule has 1 atom stereocenters. The maximum Gasteiger partial charge on any atom is 0.115 e. The first kappa shape index (κ1) is 14.1. The zero-order chi connectivity index (χ0) is 14.1. The van der Waals surface area contributed by atoms with Gasteiger partial charge in [-0.1, -0.05) is 17.7 Å². The quantitative estimate of drug-likeness (QED) is 0.915. The lowest BCUT2D eigenvalue weighted by molar-refractivity contribution is 0.659. The molecule has 0 bridgehead atoms. The number of hydrogen-bond acceptors (Lipinski definition) is 3. The van der Waals surface area contributed by atoms with E-state index in [1.165, 1.54) is 46.0 Å². The normalized spacial score (nSPS) is 15.9. The monoisotopic (exact) mass is 306 g/mol.